The van der Waals surface area contributed by atoms with Crippen molar-refractivity contribution in [3.8, 4) is 0 Å². The lowest BCUT2D eigenvalue weighted by atomic mass is 10.3. The molecule has 1 atom stereocenters. The SMILES string of the molecule is CCOCCCNC(=NCc1nnc(C)n1C)NC1CCN(c2ncccc2Cl)C1. The summed E-state index contributed by atoms with van der Waals surface area (Å²) >= 11 is 6.31. The van der Waals surface area contributed by atoms with Crippen LogP contribution in [0.3, 0.4) is 0 Å². The van der Waals surface area contributed by atoms with Crippen molar-refractivity contribution in [2.45, 2.75) is 39.3 Å². The van der Waals surface area contributed by atoms with Crippen LogP contribution in [0.25, 0.3) is 0 Å². The van der Waals surface area contributed by atoms with E-state index in [0.29, 0.717) is 11.6 Å². The maximum atomic E-state index is 6.31. The highest BCUT2D eigenvalue weighted by atomic mass is 35.5. The number of hydrogen-bond donors (Lipinski definition) is 2. The normalized spacial score (nSPS) is 16.9. The first kappa shape index (κ1) is 22.3. The van der Waals surface area contributed by atoms with E-state index in [9.17, 15) is 0 Å². The van der Waals surface area contributed by atoms with Gasteiger partial charge in [-0.25, -0.2) is 9.98 Å². The summed E-state index contributed by atoms with van der Waals surface area (Å²) in [6.45, 7) is 8.36. The molecule has 30 heavy (non-hydrogen) atoms. The molecule has 10 heteroatoms. The standard InChI is InChI=1S/C20H31ClN8O/c1-4-30-12-6-10-23-20(24-13-18-27-26-15(2)28(18)3)25-16-8-11-29(14-16)19-17(21)7-5-9-22-19/h5,7,9,16H,4,6,8,10-14H2,1-3H3,(H2,23,24,25). The van der Waals surface area contributed by atoms with Crippen molar-refractivity contribution in [1.29, 1.82) is 0 Å². The topological polar surface area (TPSA) is 92.5 Å². The van der Waals surface area contributed by atoms with Gasteiger partial charge in [-0.05, 0) is 38.8 Å². The molecule has 0 spiro atoms. The van der Waals surface area contributed by atoms with E-state index >= 15 is 0 Å². The fraction of sp³-hybridized carbons (Fsp3) is 0.600. The Labute approximate surface area is 182 Å². The third-order valence-electron chi connectivity index (χ3n) is 5.09. The summed E-state index contributed by atoms with van der Waals surface area (Å²) in [5.74, 6) is 3.31. The molecule has 0 aliphatic carbocycles. The van der Waals surface area contributed by atoms with E-state index in [2.05, 4.69) is 30.7 Å². The van der Waals surface area contributed by atoms with Crippen LogP contribution in [0, 0.1) is 6.92 Å². The van der Waals surface area contributed by atoms with Gasteiger partial charge < -0.3 is 24.8 Å². The maximum absolute atomic E-state index is 6.31. The molecular weight excluding hydrogens is 404 g/mol. The summed E-state index contributed by atoms with van der Waals surface area (Å²) in [6.07, 6.45) is 3.67. The first-order valence-corrected chi connectivity index (χ1v) is 10.8. The molecule has 0 aromatic carbocycles. The van der Waals surface area contributed by atoms with E-state index in [4.69, 9.17) is 21.3 Å². The Balaban J connectivity index is 1.60. The minimum Gasteiger partial charge on any atom is -0.382 e. The molecule has 1 unspecified atom stereocenters. The number of halogens is 1. The predicted octanol–water partition coefficient (Wildman–Crippen LogP) is 1.91. The Kier molecular flexibility index (Phi) is 8.27. The second-order valence-corrected chi connectivity index (χ2v) is 7.66. The van der Waals surface area contributed by atoms with Gasteiger partial charge in [0.05, 0.1) is 5.02 Å². The molecule has 1 aliphatic rings. The molecular formula is C20H31ClN8O. The third kappa shape index (κ3) is 6.06. The van der Waals surface area contributed by atoms with Crippen molar-refractivity contribution >= 4 is 23.4 Å². The fourth-order valence-electron chi connectivity index (χ4n) is 3.29. The zero-order valence-electron chi connectivity index (χ0n) is 17.9. The number of aryl methyl sites for hydroxylation is 1. The summed E-state index contributed by atoms with van der Waals surface area (Å²) in [6, 6.07) is 3.98. The van der Waals surface area contributed by atoms with Crippen LogP contribution in [0.5, 0.6) is 0 Å². The molecule has 1 aliphatic heterocycles. The van der Waals surface area contributed by atoms with Crippen LogP contribution in [-0.4, -0.2) is 64.6 Å². The number of hydrogen-bond acceptors (Lipinski definition) is 6. The number of rotatable bonds is 9. The van der Waals surface area contributed by atoms with Crippen LogP contribution >= 0.6 is 11.6 Å². The quantitative estimate of drug-likeness (QED) is 0.354. The summed E-state index contributed by atoms with van der Waals surface area (Å²) in [4.78, 5) is 11.4. The molecule has 0 amide bonds. The summed E-state index contributed by atoms with van der Waals surface area (Å²) < 4.78 is 7.38. The second kappa shape index (κ2) is 11.1. The highest BCUT2D eigenvalue weighted by Gasteiger charge is 2.25. The zero-order valence-corrected chi connectivity index (χ0v) is 18.7. The van der Waals surface area contributed by atoms with Crippen LogP contribution in [0.1, 0.15) is 31.4 Å². The van der Waals surface area contributed by atoms with Crippen molar-refractivity contribution in [3.05, 3.63) is 35.0 Å². The van der Waals surface area contributed by atoms with Gasteiger partial charge in [0.2, 0.25) is 0 Å². The number of nitrogens with one attached hydrogen (secondary N) is 2. The second-order valence-electron chi connectivity index (χ2n) is 7.25. The average molecular weight is 435 g/mol. The molecule has 3 heterocycles. The van der Waals surface area contributed by atoms with Gasteiger partial charge in [0.25, 0.3) is 0 Å². The Bertz CT molecular complexity index is 840. The van der Waals surface area contributed by atoms with Crippen molar-refractivity contribution < 1.29 is 4.74 Å². The van der Waals surface area contributed by atoms with Gasteiger partial charge in [0, 0.05) is 52.1 Å². The fourth-order valence-corrected chi connectivity index (χ4v) is 3.53. The minimum absolute atomic E-state index is 0.252. The Morgan fingerprint density at radius 1 is 1.40 bits per heavy atom. The molecule has 164 valence electrons. The Hall–Kier alpha value is -2.39. The minimum atomic E-state index is 0.252. The molecule has 1 fully saturated rings. The van der Waals surface area contributed by atoms with E-state index in [1.165, 1.54) is 0 Å². The first-order chi connectivity index (χ1) is 14.6. The van der Waals surface area contributed by atoms with E-state index in [0.717, 1.165) is 69.1 Å². The third-order valence-corrected chi connectivity index (χ3v) is 5.39. The zero-order chi connectivity index (χ0) is 21.3. The van der Waals surface area contributed by atoms with Gasteiger partial charge in [0.1, 0.15) is 18.2 Å². The summed E-state index contributed by atoms with van der Waals surface area (Å²) in [5, 5.41) is 15.9. The number of anilines is 1. The van der Waals surface area contributed by atoms with Crippen molar-refractivity contribution in [1.82, 2.24) is 30.4 Å². The van der Waals surface area contributed by atoms with Gasteiger partial charge in [-0.1, -0.05) is 11.6 Å². The molecule has 2 aromatic rings. The number of aromatic nitrogens is 4. The van der Waals surface area contributed by atoms with Crippen LogP contribution in [-0.2, 0) is 18.3 Å². The van der Waals surface area contributed by atoms with E-state index in [1.807, 2.05) is 37.6 Å². The number of pyridine rings is 1. The molecule has 2 N–H and O–H groups in total. The van der Waals surface area contributed by atoms with Crippen LogP contribution in [0.15, 0.2) is 23.3 Å². The lowest BCUT2D eigenvalue weighted by molar-refractivity contribution is 0.145. The lowest BCUT2D eigenvalue weighted by Crippen LogP contribution is -2.45. The maximum Gasteiger partial charge on any atom is 0.191 e. The van der Waals surface area contributed by atoms with Crippen molar-refractivity contribution in [2.24, 2.45) is 12.0 Å². The van der Waals surface area contributed by atoms with E-state index in [1.54, 1.807) is 6.20 Å². The van der Waals surface area contributed by atoms with E-state index < -0.39 is 0 Å². The molecule has 9 nitrogen and oxygen atoms in total. The largest absolute Gasteiger partial charge is 0.382 e. The van der Waals surface area contributed by atoms with Gasteiger partial charge >= 0.3 is 0 Å². The molecule has 0 bridgehead atoms. The highest BCUT2D eigenvalue weighted by Crippen LogP contribution is 2.25. The number of aliphatic imine (C=N–C) groups is 1. The van der Waals surface area contributed by atoms with Crippen molar-refractivity contribution in [2.75, 3.05) is 37.7 Å². The summed E-state index contributed by atoms with van der Waals surface area (Å²) in [5.41, 5.74) is 0. The van der Waals surface area contributed by atoms with Gasteiger partial charge in [-0.2, -0.15) is 0 Å². The van der Waals surface area contributed by atoms with Gasteiger partial charge in [0.15, 0.2) is 11.8 Å². The summed E-state index contributed by atoms with van der Waals surface area (Å²) in [7, 11) is 1.95. The monoisotopic (exact) mass is 434 g/mol. The molecule has 3 rings (SSSR count). The van der Waals surface area contributed by atoms with Crippen LogP contribution in [0.4, 0.5) is 5.82 Å². The molecule has 2 aromatic heterocycles. The lowest BCUT2D eigenvalue weighted by Gasteiger charge is -2.20. The molecule has 1 saturated heterocycles. The first-order valence-electron chi connectivity index (χ1n) is 10.4. The molecule has 0 saturated carbocycles. The van der Waals surface area contributed by atoms with Crippen LogP contribution < -0.4 is 15.5 Å². The Morgan fingerprint density at radius 2 is 2.27 bits per heavy atom. The van der Waals surface area contributed by atoms with Crippen LogP contribution in [0.2, 0.25) is 5.02 Å². The van der Waals surface area contributed by atoms with E-state index in [-0.39, 0.29) is 6.04 Å². The average Bonchev–Trinajstić information content (AvgIpc) is 3.33. The predicted molar refractivity (Wildman–Crippen MR) is 119 cm³/mol. The number of nitrogens with zero attached hydrogens (tertiary/aromatic N) is 6. The number of ether oxygens (including phenoxy) is 1. The highest BCUT2D eigenvalue weighted by molar-refractivity contribution is 6.32. The smallest absolute Gasteiger partial charge is 0.191 e. The van der Waals surface area contributed by atoms with Crippen molar-refractivity contribution in [3.63, 3.8) is 0 Å². The number of guanidine groups is 1. The Morgan fingerprint density at radius 3 is 3.00 bits per heavy atom. The molecule has 0 radical (unpaired) electrons. The van der Waals surface area contributed by atoms with Gasteiger partial charge in [-0.15, -0.1) is 10.2 Å². The van der Waals surface area contributed by atoms with Gasteiger partial charge in [-0.3, -0.25) is 0 Å².